The molecule has 0 aliphatic carbocycles. The zero-order valence-electron chi connectivity index (χ0n) is 32.5. The number of carbonyl (C=O) groups excluding carboxylic acids is 2. The summed E-state index contributed by atoms with van der Waals surface area (Å²) in [4.78, 5) is 26.4. The van der Waals surface area contributed by atoms with Gasteiger partial charge in [0.25, 0.3) is 0 Å². The van der Waals surface area contributed by atoms with Crippen LogP contribution in [0.25, 0.3) is 0 Å². The Morgan fingerprint density at radius 1 is 0.393 bits per heavy atom. The van der Waals surface area contributed by atoms with E-state index in [1.165, 1.54) is 25.3 Å². The Morgan fingerprint density at radius 3 is 1.04 bits per heavy atom. The van der Waals surface area contributed by atoms with E-state index in [2.05, 4.69) is 0 Å². The number of Topliss-reactive ketones (excluding diaryl/α,β-unsaturated/α-hetero) is 2. The molecule has 0 amide bonds. The summed E-state index contributed by atoms with van der Waals surface area (Å²) >= 11 is 0. The van der Waals surface area contributed by atoms with Crippen LogP contribution in [0.4, 0.5) is 0 Å². The molecule has 318 valence electrons. The second-order valence-corrected chi connectivity index (χ2v) is 11.4. The van der Waals surface area contributed by atoms with Crippen molar-refractivity contribution in [2.24, 2.45) is 0 Å². The summed E-state index contributed by atoms with van der Waals surface area (Å²) in [7, 11) is 1.48. The fourth-order valence-electron chi connectivity index (χ4n) is 4.43. The highest BCUT2D eigenvalue weighted by molar-refractivity contribution is 6.49. The summed E-state index contributed by atoms with van der Waals surface area (Å²) in [6, 6.07) is 11.0. The van der Waals surface area contributed by atoms with Crippen molar-refractivity contribution in [3.8, 4) is 17.2 Å². The number of aliphatic hydroxyl groups excluding tert-OH is 2. The zero-order valence-corrected chi connectivity index (χ0v) is 32.5. The molecule has 2 rings (SSSR count). The van der Waals surface area contributed by atoms with E-state index in [0.717, 1.165) is 0 Å². The topological polar surface area (TPSA) is 195 Å². The fraction of sp³-hybridized carbons (Fsp3) is 0.641. The molecule has 0 atom stereocenters. The van der Waals surface area contributed by atoms with Crippen LogP contribution >= 0.6 is 0 Å². The van der Waals surface area contributed by atoms with E-state index in [0.29, 0.717) is 136 Å². The van der Waals surface area contributed by atoms with E-state index in [4.69, 9.17) is 71.8 Å². The van der Waals surface area contributed by atoms with Gasteiger partial charge in [-0.05, 0) is 24.3 Å². The van der Waals surface area contributed by atoms with E-state index in [-0.39, 0.29) is 50.8 Å². The minimum Gasteiger partial charge on any atom is -0.497 e. The first-order valence-corrected chi connectivity index (χ1v) is 18.7. The maximum absolute atomic E-state index is 13.3. The smallest absolute Gasteiger partial charge is 0.233 e. The van der Waals surface area contributed by atoms with Crippen LogP contribution in [-0.4, -0.2) is 187 Å². The molecular weight excluding hydrogens is 740 g/mol. The molecule has 0 saturated heterocycles. The van der Waals surface area contributed by atoms with Crippen molar-refractivity contribution in [1.29, 1.82) is 0 Å². The number of benzene rings is 2. The minimum atomic E-state index is -0.726. The second kappa shape index (κ2) is 34.9. The van der Waals surface area contributed by atoms with Crippen LogP contribution in [0.2, 0.25) is 0 Å². The number of hydrogen-bond acceptors (Lipinski definition) is 17. The highest BCUT2D eigenvalue weighted by Crippen LogP contribution is 2.25. The lowest BCUT2D eigenvalue weighted by Gasteiger charge is -2.13. The Kier molecular flexibility index (Phi) is 30.5. The highest BCUT2D eigenvalue weighted by atomic mass is 16.6. The van der Waals surface area contributed by atoms with E-state index in [1.54, 1.807) is 24.3 Å². The van der Waals surface area contributed by atoms with Crippen molar-refractivity contribution in [2.75, 3.05) is 166 Å². The van der Waals surface area contributed by atoms with Crippen LogP contribution in [0, 0.1) is 0 Å². The largest absolute Gasteiger partial charge is 0.497 e. The zero-order chi connectivity index (χ0) is 40.2. The number of hydrogen-bond donors (Lipinski definition) is 2. The van der Waals surface area contributed by atoms with Crippen molar-refractivity contribution in [3.05, 3.63) is 53.6 Å². The standard InChI is InChI=1S/C39H60O17/c1-44-35-4-2-3-33(29-35)38(42)39(43)34-30-36(55-27-25-53-23-21-51-19-17-49-15-13-47-11-9-45-7-5-40)32-37(31-34)56-28-26-54-24-22-52-20-18-50-16-14-48-12-10-46-8-6-41/h2-4,29-32,40-41H,5-28H2,1H3. The third-order valence-corrected chi connectivity index (χ3v) is 7.12. The van der Waals surface area contributed by atoms with Gasteiger partial charge in [0, 0.05) is 17.2 Å². The van der Waals surface area contributed by atoms with Gasteiger partial charge in [0.15, 0.2) is 0 Å². The SMILES string of the molecule is COc1cccc(C(=O)C(=O)c2cc(OCCOCCOCCOCCOCCOCCO)cc(OCCOCCOCCOCCOCCOCCO)c2)c1. The van der Waals surface area contributed by atoms with Gasteiger partial charge >= 0.3 is 0 Å². The van der Waals surface area contributed by atoms with Crippen molar-refractivity contribution in [2.45, 2.75) is 0 Å². The third kappa shape index (κ3) is 25.1. The molecular formula is C39H60O17. The molecule has 2 N–H and O–H groups in total. The molecule has 0 heterocycles. The maximum Gasteiger partial charge on any atom is 0.233 e. The van der Waals surface area contributed by atoms with Gasteiger partial charge in [-0.15, -0.1) is 0 Å². The van der Waals surface area contributed by atoms with Crippen molar-refractivity contribution >= 4 is 11.6 Å². The predicted molar refractivity (Wildman–Crippen MR) is 201 cm³/mol. The highest BCUT2D eigenvalue weighted by Gasteiger charge is 2.21. The van der Waals surface area contributed by atoms with Gasteiger partial charge in [-0.25, -0.2) is 0 Å². The monoisotopic (exact) mass is 800 g/mol. The molecule has 0 aliphatic heterocycles. The van der Waals surface area contributed by atoms with Crippen LogP contribution in [0.1, 0.15) is 20.7 Å². The summed E-state index contributed by atoms with van der Waals surface area (Å²) in [5, 5.41) is 17.3. The summed E-state index contributed by atoms with van der Waals surface area (Å²) in [6.45, 7) is 8.10. The lowest BCUT2D eigenvalue weighted by molar-refractivity contribution is -0.0147. The molecule has 0 aromatic heterocycles. The molecule has 0 aliphatic rings. The fourth-order valence-corrected chi connectivity index (χ4v) is 4.43. The Morgan fingerprint density at radius 2 is 0.696 bits per heavy atom. The van der Waals surface area contributed by atoms with E-state index >= 15 is 0 Å². The van der Waals surface area contributed by atoms with Crippen LogP contribution in [0.3, 0.4) is 0 Å². The van der Waals surface area contributed by atoms with E-state index in [9.17, 15) is 9.59 Å². The molecule has 56 heavy (non-hydrogen) atoms. The Labute approximate surface area is 329 Å². The first-order chi connectivity index (χ1) is 27.6. The molecule has 0 fully saturated rings. The quantitative estimate of drug-likeness (QED) is 0.0561. The number of ketones is 2. The second-order valence-electron chi connectivity index (χ2n) is 11.4. The first kappa shape index (κ1) is 48.8. The van der Waals surface area contributed by atoms with Gasteiger partial charge in [0.05, 0.1) is 152 Å². The van der Waals surface area contributed by atoms with Gasteiger partial charge < -0.3 is 71.8 Å². The molecule has 2 aromatic carbocycles. The molecule has 0 saturated carbocycles. The molecule has 0 unspecified atom stereocenters. The third-order valence-electron chi connectivity index (χ3n) is 7.12. The van der Waals surface area contributed by atoms with Gasteiger partial charge in [0.1, 0.15) is 30.5 Å². The van der Waals surface area contributed by atoms with Crippen LogP contribution in [0.15, 0.2) is 42.5 Å². The van der Waals surface area contributed by atoms with Crippen LogP contribution in [0.5, 0.6) is 17.2 Å². The van der Waals surface area contributed by atoms with E-state index in [1.807, 2.05) is 0 Å². The lowest BCUT2D eigenvalue weighted by atomic mass is 10.0. The number of carbonyl (C=O) groups is 2. The van der Waals surface area contributed by atoms with Gasteiger partial charge in [0.2, 0.25) is 11.6 Å². The molecule has 17 nitrogen and oxygen atoms in total. The lowest BCUT2D eigenvalue weighted by Crippen LogP contribution is -2.16. The Bertz CT molecular complexity index is 1210. The summed E-state index contributed by atoms with van der Waals surface area (Å²) in [5.41, 5.74) is 0.305. The molecule has 17 heteroatoms. The van der Waals surface area contributed by atoms with Crippen LogP contribution < -0.4 is 14.2 Å². The summed E-state index contributed by atoms with van der Waals surface area (Å²) in [6.07, 6.45) is 0. The average Bonchev–Trinajstić information content (AvgIpc) is 3.22. The van der Waals surface area contributed by atoms with Crippen molar-refractivity contribution in [3.63, 3.8) is 0 Å². The molecule has 2 aromatic rings. The van der Waals surface area contributed by atoms with Gasteiger partial charge in [-0.3, -0.25) is 9.59 Å². The minimum absolute atomic E-state index is 0.00669. The Hall–Kier alpha value is -3.30. The van der Waals surface area contributed by atoms with Crippen molar-refractivity contribution in [1.82, 2.24) is 0 Å². The first-order valence-electron chi connectivity index (χ1n) is 18.7. The summed E-state index contributed by atoms with van der Waals surface area (Å²) in [5.74, 6) is -0.301. The number of rotatable bonds is 40. The Balaban J connectivity index is 1.68. The molecule has 0 bridgehead atoms. The normalized spacial score (nSPS) is 11.2. The van der Waals surface area contributed by atoms with Gasteiger partial charge in [-0.2, -0.15) is 0 Å². The molecule has 0 spiro atoms. The van der Waals surface area contributed by atoms with Gasteiger partial charge in [-0.1, -0.05) is 12.1 Å². The average molecular weight is 801 g/mol. The predicted octanol–water partition coefficient (Wildman–Crippen LogP) is 1.67. The summed E-state index contributed by atoms with van der Waals surface area (Å²) < 4.78 is 70.9. The van der Waals surface area contributed by atoms with E-state index < -0.39 is 11.6 Å². The molecule has 0 radical (unpaired) electrons. The number of methoxy groups -OCH3 is 1. The number of aliphatic hydroxyl groups is 2. The maximum atomic E-state index is 13.3. The van der Waals surface area contributed by atoms with Crippen LogP contribution in [-0.2, 0) is 47.4 Å². The number of ether oxygens (including phenoxy) is 13. The van der Waals surface area contributed by atoms with Crippen molar-refractivity contribution < 1.29 is 81.4 Å².